The van der Waals surface area contributed by atoms with Crippen molar-refractivity contribution in [2.75, 3.05) is 6.54 Å². The van der Waals surface area contributed by atoms with Gasteiger partial charge in [-0.05, 0) is 0 Å². The topological polar surface area (TPSA) is 107 Å². The molecule has 0 unspecified atom stereocenters. The van der Waals surface area contributed by atoms with Gasteiger partial charge in [0, 0.05) is 11.6 Å². The third-order valence-electron chi connectivity index (χ3n) is 1.87. The SMILES string of the molecule is NC(=O)CNS(=O)(=O)c1c(Cl)nc2sccn12. The maximum absolute atomic E-state index is 11.9. The minimum atomic E-state index is -3.91. The van der Waals surface area contributed by atoms with Gasteiger partial charge >= 0.3 is 0 Å². The second-order valence-electron chi connectivity index (χ2n) is 3.05. The van der Waals surface area contributed by atoms with Gasteiger partial charge in [0.05, 0.1) is 6.54 Å². The molecule has 2 heterocycles. The number of nitrogens with two attached hydrogens (primary N) is 1. The number of nitrogens with zero attached hydrogens (tertiary/aromatic N) is 2. The van der Waals surface area contributed by atoms with Crippen molar-refractivity contribution >= 4 is 43.8 Å². The first-order valence-corrected chi connectivity index (χ1v) is 7.05. The van der Waals surface area contributed by atoms with E-state index in [0.717, 1.165) is 0 Å². The fourth-order valence-corrected chi connectivity index (χ4v) is 3.65. The number of fused-ring (bicyclic) bond motifs is 1. The van der Waals surface area contributed by atoms with Crippen LogP contribution < -0.4 is 10.5 Å². The van der Waals surface area contributed by atoms with E-state index in [1.165, 1.54) is 21.9 Å². The molecule has 92 valence electrons. The molecule has 0 fully saturated rings. The number of carbonyl (C=O) groups excluding carboxylic acids is 1. The number of thiazole rings is 1. The van der Waals surface area contributed by atoms with E-state index >= 15 is 0 Å². The third kappa shape index (κ3) is 2.27. The molecule has 1 amide bonds. The summed E-state index contributed by atoms with van der Waals surface area (Å²) >= 11 is 6.99. The van der Waals surface area contributed by atoms with E-state index in [1.807, 2.05) is 4.72 Å². The van der Waals surface area contributed by atoms with E-state index < -0.39 is 22.5 Å². The fraction of sp³-hybridized carbons (Fsp3) is 0.143. The number of primary amides is 1. The Hall–Kier alpha value is -1.16. The Morgan fingerprint density at radius 3 is 3.00 bits per heavy atom. The lowest BCUT2D eigenvalue weighted by atomic mass is 10.7. The normalized spacial score (nSPS) is 12.1. The van der Waals surface area contributed by atoms with Crippen molar-refractivity contribution in [3.05, 3.63) is 16.7 Å². The van der Waals surface area contributed by atoms with E-state index in [0.29, 0.717) is 4.96 Å². The van der Waals surface area contributed by atoms with Crippen molar-refractivity contribution in [1.29, 1.82) is 0 Å². The average molecular weight is 295 g/mol. The molecule has 0 saturated carbocycles. The lowest BCUT2D eigenvalue weighted by Crippen LogP contribution is -2.33. The molecule has 0 bridgehead atoms. The van der Waals surface area contributed by atoms with E-state index in [-0.39, 0.29) is 10.2 Å². The molecule has 0 aliphatic rings. The molecule has 0 radical (unpaired) electrons. The number of amides is 1. The molecular weight excluding hydrogens is 288 g/mol. The highest BCUT2D eigenvalue weighted by molar-refractivity contribution is 7.89. The minimum absolute atomic E-state index is 0.145. The van der Waals surface area contributed by atoms with Crippen molar-refractivity contribution in [2.24, 2.45) is 5.73 Å². The number of imidazole rings is 1. The summed E-state index contributed by atoms with van der Waals surface area (Å²) in [5.74, 6) is -0.782. The second kappa shape index (κ2) is 4.26. The molecule has 0 saturated heterocycles. The van der Waals surface area contributed by atoms with Gasteiger partial charge in [0.1, 0.15) is 0 Å². The molecule has 2 aromatic heterocycles. The van der Waals surface area contributed by atoms with Crippen LogP contribution in [0.4, 0.5) is 0 Å². The van der Waals surface area contributed by atoms with Crippen LogP contribution in [0.25, 0.3) is 4.96 Å². The molecule has 2 aromatic rings. The molecule has 0 aromatic carbocycles. The van der Waals surface area contributed by atoms with Crippen LogP contribution in [-0.2, 0) is 14.8 Å². The summed E-state index contributed by atoms with van der Waals surface area (Å²) in [5, 5.41) is 1.33. The van der Waals surface area contributed by atoms with Crippen LogP contribution in [0, 0.1) is 0 Å². The largest absolute Gasteiger partial charge is 0.369 e. The lowest BCUT2D eigenvalue weighted by molar-refractivity contribution is -0.116. The Labute approximate surface area is 105 Å². The summed E-state index contributed by atoms with van der Waals surface area (Å²) in [6.07, 6.45) is 1.53. The predicted molar refractivity (Wildman–Crippen MR) is 62.5 cm³/mol. The Bertz CT molecular complexity index is 674. The van der Waals surface area contributed by atoms with Crippen LogP contribution in [0.2, 0.25) is 5.15 Å². The van der Waals surface area contributed by atoms with Crippen LogP contribution in [0.3, 0.4) is 0 Å². The summed E-state index contributed by atoms with van der Waals surface area (Å²) in [6, 6.07) is 0. The van der Waals surface area contributed by atoms with Crippen molar-refractivity contribution in [3.63, 3.8) is 0 Å². The summed E-state index contributed by atoms with van der Waals surface area (Å²) < 4.78 is 27.1. The van der Waals surface area contributed by atoms with Crippen LogP contribution in [0.1, 0.15) is 0 Å². The zero-order chi connectivity index (χ0) is 12.6. The van der Waals surface area contributed by atoms with Crippen molar-refractivity contribution < 1.29 is 13.2 Å². The highest BCUT2D eigenvalue weighted by Crippen LogP contribution is 2.24. The molecule has 0 aliphatic carbocycles. The molecule has 10 heteroatoms. The first-order chi connectivity index (χ1) is 7.92. The van der Waals surface area contributed by atoms with Crippen LogP contribution in [0.5, 0.6) is 0 Å². The highest BCUT2D eigenvalue weighted by atomic mass is 35.5. The molecule has 3 N–H and O–H groups in total. The Balaban J connectivity index is 2.48. The molecule has 0 spiro atoms. The first kappa shape index (κ1) is 12.3. The average Bonchev–Trinajstić information content (AvgIpc) is 2.73. The number of hydrogen-bond acceptors (Lipinski definition) is 5. The molecule has 0 aliphatic heterocycles. The van der Waals surface area contributed by atoms with Crippen LogP contribution >= 0.6 is 22.9 Å². The maximum Gasteiger partial charge on any atom is 0.260 e. The van der Waals surface area contributed by atoms with Crippen molar-refractivity contribution in [2.45, 2.75) is 5.03 Å². The zero-order valence-electron chi connectivity index (χ0n) is 8.25. The van der Waals surface area contributed by atoms with Gasteiger partial charge in [-0.2, -0.15) is 0 Å². The molecule has 17 heavy (non-hydrogen) atoms. The van der Waals surface area contributed by atoms with Gasteiger partial charge in [-0.3, -0.25) is 9.20 Å². The van der Waals surface area contributed by atoms with Gasteiger partial charge < -0.3 is 5.73 Å². The fourth-order valence-electron chi connectivity index (χ4n) is 1.21. The second-order valence-corrected chi connectivity index (χ2v) is 5.97. The number of hydrogen-bond donors (Lipinski definition) is 2. The number of carbonyl (C=O) groups is 1. The van der Waals surface area contributed by atoms with Crippen molar-refractivity contribution in [1.82, 2.24) is 14.1 Å². The Morgan fingerprint density at radius 2 is 2.35 bits per heavy atom. The maximum atomic E-state index is 11.9. The van der Waals surface area contributed by atoms with Crippen LogP contribution in [-0.4, -0.2) is 30.3 Å². The Kier molecular flexibility index (Phi) is 3.08. The molecule has 0 atom stereocenters. The van der Waals surface area contributed by atoms with Gasteiger partial charge in [0.25, 0.3) is 10.0 Å². The molecule has 7 nitrogen and oxygen atoms in total. The minimum Gasteiger partial charge on any atom is -0.369 e. The first-order valence-electron chi connectivity index (χ1n) is 4.31. The number of nitrogens with one attached hydrogen (secondary N) is 1. The number of rotatable bonds is 4. The van der Waals surface area contributed by atoms with E-state index in [4.69, 9.17) is 17.3 Å². The van der Waals surface area contributed by atoms with E-state index in [1.54, 1.807) is 5.38 Å². The van der Waals surface area contributed by atoms with E-state index in [9.17, 15) is 13.2 Å². The van der Waals surface area contributed by atoms with Gasteiger partial charge in [0.2, 0.25) is 5.91 Å². The van der Waals surface area contributed by atoms with E-state index in [2.05, 4.69) is 4.98 Å². The van der Waals surface area contributed by atoms with Gasteiger partial charge in [-0.1, -0.05) is 11.6 Å². The van der Waals surface area contributed by atoms with Gasteiger partial charge in [0.15, 0.2) is 15.1 Å². The van der Waals surface area contributed by atoms with Gasteiger partial charge in [-0.25, -0.2) is 18.1 Å². The quantitative estimate of drug-likeness (QED) is 0.815. The third-order valence-corrected chi connectivity index (χ3v) is 4.43. The molecular formula is C7H7ClN4O3S2. The van der Waals surface area contributed by atoms with Crippen molar-refractivity contribution in [3.8, 4) is 0 Å². The summed E-state index contributed by atoms with van der Waals surface area (Å²) in [6.45, 7) is -0.490. The Morgan fingerprint density at radius 1 is 1.65 bits per heavy atom. The summed E-state index contributed by atoms with van der Waals surface area (Å²) in [5.41, 5.74) is 4.86. The number of halogens is 1. The lowest BCUT2D eigenvalue weighted by Gasteiger charge is -2.03. The zero-order valence-corrected chi connectivity index (χ0v) is 10.6. The summed E-state index contributed by atoms with van der Waals surface area (Å²) in [4.78, 5) is 14.9. The standard InChI is InChI=1S/C7H7ClN4O3S2/c8-5-6(12-1-2-16-7(12)11-5)17(14,15)10-3-4(9)13/h1-2,10H,3H2,(H2,9,13). The highest BCUT2D eigenvalue weighted by Gasteiger charge is 2.25. The monoisotopic (exact) mass is 294 g/mol. The van der Waals surface area contributed by atoms with Crippen LogP contribution in [0.15, 0.2) is 16.6 Å². The van der Waals surface area contributed by atoms with Gasteiger partial charge in [-0.15, -0.1) is 11.3 Å². The number of sulfonamides is 1. The number of aromatic nitrogens is 2. The smallest absolute Gasteiger partial charge is 0.260 e. The predicted octanol–water partition coefficient (Wildman–Crippen LogP) is -0.187. The summed E-state index contributed by atoms with van der Waals surface area (Å²) in [7, 11) is -3.91. The molecule has 2 rings (SSSR count).